The van der Waals surface area contributed by atoms with Gasteiger partial charge in [0.2, 0.25) is 11.8 Å². The fraction of sp³-hybridized carbons (Fsp3) is 0.130. The maximum absolute atomic E-state index is 12.6. The van der Waals surface area contributed by atoms with Crippen LogP contribution in [0.5, 0.6) is 0 Å². The molecule has 142 valence electrons. The van der Waals surface area contributed by atoms with E-state index in [1.54, 1.807) is 24.3 Å². The van der Waals surface area contributed by atoms with E-state index in [1.807, 2.05) is 48.3 Å². The number of rotatable bonds is 7. The molecule has 0 fully saturated rings. The van der Waals surface area contributed by atoms with Gasteiger partial charge in [-0.25, -0.2) is 0 Å². The first kappa shape index (κ1) is 19.3. The lowest BCUT2D eigenvalue weighted by atomic mass is 9.97. The quantitative estimate of drug-likeness (QED) is 0.666. The number of likely N-dealkylation sites (N-methyl/N-ethyl adjacent to an activating group) is 1. The number of nitrogens with zero attached hydrogens (tertiary/aromatic N) is 1. The third-order valence-electron chi connectivity index (χ3n) is 4.52. The highest BCUT2D eigenvalue weighted by molar-refractivity contribution is 5.95. The highest BCUT2D eigenvalue weighted by atomic mass is 16.2. The Morgan fingerprint density at radius 3 is 1.82 bits per heavy atom. The van der Waals surface area contributed by atoms with Gasteiger partial charge in [0.25, 0.3) is 0 Å². The van der Waals surface area contributed by atoms with Crippen LogP contribution in [0.25, 0.3) is 0 Å². The van der Waals surface area contributed by atoms with E-state index in [1.165, 1.54) is 0 Å². The Morgan fingerprint density at radius 1 is 0.857 bits per heavy atom. The third kappa shape index (κ3) is 4.84. The van der Waals surface area contributed by atoms with Crippen molar-refractivity contribution in [2.45, 2.75) is 6.04 Å². The summed E-state index contributed by atoms with van der Waals surface area (Å²) >= 11 is 0. The molecule has 0 heterocycles. The van der Waals surface area contributed by atoms with Gasteiger partial charge in [-0.2, -0.15) is 0 Å². The average Bonchev–Trinajstić information content (AvgIpc) is 2.70. The zero-order valence-corrected chi connectivity index (χ0v) is 15.7. The lowest BCUT2D eigenvalue weighted by Crippen LogP contribution is -2.34. The number of hydrogen-bond donors (Lipinski definition) is 2. The van der Waals surface area contributed by atoms with Crippen molar-refractivity contribution in [1.82, 2.24) is 4.90 Å². The summed E-state index contributed by atoms with van der Waals surface area (Å²) in [7, 11) is 1.93. The summed E-state index contributed by atoms with van der Waals surface area (Å²) in [6.45, 7) is 0.214. The zero-order valence-electron chi connectivity index (χ0n) is 15.7. The van der Waals surface area contributed by atoms with Crippen LogP contribution >= 0.6 is 0 Å². The van der Waals surface area contributed by atoms with E-state index in [-0.39, 0.29) is 18.5 Å². The molecule has 0 aliphatic heterocycles. The minimum absolute atomic E-state index is 0.0367. The van der Waals surface area contributed by atoms with Gasteiger partial charge in [0.15, 0.2) is 0 Å². The summed E-state index contributed by atoms with van der Waals surface area (Å²) in [4.78, 5) is 25.7. The molecule has 3 rings (SSSR count). The summed E-state index contributed by atoms with van der Waals surface area (Å²) in [5, 5.41) is 2.86. The largest absolute Gasteiger partial charge is 0.366 e. The standard InChI is InChI=1S/C23H23N3O2/c1-26(16-21(27)25-20-14-12-19(13-15-20)23(24)28)22(17-8-4-2-5-9-17)18-10-6-3-7-11-18/h2-15,22H,16H2,1H3,(H2,24,28)(H,25,27). The topological polar surface area (TPSA) is 75.4 Å². The maximum atomic E-state index is 12.6. The van der Waals surface area contributed by atoms with Gasteiger partial charge >= 0.3 is 0 Å². The molecular formula is C23H23N3O2. The SMILES string of the molecule is CN(CC(=O)Nc1ccc(C(N)=O)cc1)C(c1ccccc1)c1ccccc1. The Hall–Kier alpha value is -3.44. The summed E-state index contributed by atoms with van der Waals surface area (Å²) in [6.07, 6.45) is 0. The van der Waals surface area contributed by atoms with Gasteiger partial charge in [-0.3, -0.25) is 14.5 Å². The van der Waals surface area contributed by atoms with Gasteiger partial charge < -0.3 is 11.1 Å². The second kappa shape index (κ2) is 8.97. The Balaban J connectivity index is 1.73. The normalized spacial score (nSPS) is 10.8. The third-order valence-corrected chi connectivity index (χ3v) is 4.52. The molecule has 5 heteroatoms. The number of hydrogen-bond acceptors (Lipinski definition) is 3. The molecule has 0 aliphatic carbocycles. The molecule has 28 heavy (non-hydrogen) atoms. The molecule has 0 aliphatic rings. The fourth-order valence-electron chi connectivity index (χ4n) is 3.21. The molecule has 3 aromatic carbocycles. The number of nitrogens with two attached hydrogens (primary N) is 1. The number of carbonyl (C=O) groups excluding carboxylic acids is 2. The van der Waals surface area contributed by atoms with E-state index >= 15 is 0 Å². The molecule has 0 atom stereocenters. The Bertz CT molecular complexity index is 886. The van der Waals surface area contributed by atoms with Crippen molar-refractivity contribution in [3.8, 4) is 0 Å². The van der Waals surface area contributed by atoms with Gasteiger partial charge in [0.05, 0.1) is 12.6 Å². The van der Waals surface area contributed by atoms with E-state index in [0.29, 0.717) is 11.3 Å². The number of primary amides is 1. The molecule has 0 spiro atoms. The number of nitrogens with one attached hydrogen (secondary N) is 1. The smallest absolute Gasteiger partial charge is 0.248 e. The molecule has 0 radical (unpaired) electrons. The molecule has 3 aromatic rings. The van der Waals surface area contributed by atoms with Crippen LogP contribution in [0.3, 0.4) is 0 Å². The average molecular weight is 373 g/mol. The minimum Gasteiger partial charge on any atom is -0.366 e. The second-order valence-electron chi connectivity index (χ2n) is 6.63. The van der Waals surface area contributed by atoms with Crippen LogP contribution in [0.2, 0.25) is 0 Å². The maximum Gasteiger partial charge on any atom is 0.248 e. The fourth-order valence-corrected chi connectivity index (χ4v) is 3.21. The van der Waals surface area contributed by atoms with Crippen LogP contribution in [0.4, 0.5) is 5.69 Å². The minimum atomic E-state index is -0.494. The number of carbonyl (C=O) groups is 2. The first-order valence-electron chi connectivity index (χ1n) is 9.04. The predicted molar refractivity (Wildman–Crippen MR) is 111 cm³/mol. The first-order valence-corrected chi connectivity index (χ1v) is 9.04. The molecule has 3 N–H and O–H groups in total. The molecule has 0 saturated carbocycles. The van der Waals surface area contributed by atoms with Crippen molar-refractivity contribution in [2.75, 3.05) is 18.9 Å². The summed E-state index contributed by atoms with van der Waals surface area (Å²) in [5.41, 5.74) is 8.51. The summed E-state index contributed by atoms with van der Waals surface area (Å²) in [6, 6.07) is 26.7. The number of benzene rings is 3. The van der Waals surface area contributed by atoms with Crippen molar-refractivity contribution < 1.29 is 9.59 Å². The molecule has 0 bridgehead atoms. The van der Waals surface area contributed by atoms with E-state index < -0.39 is 5.91 Å². The number of amides is 2. The van der Waals surface area contributed by atoms with Gasteiger partial charge in [-0.15, -0.1) is 0 Å². The lowest BCUT2D eigenvalue weighted by Gasteiger charge is -2.28. The van der Waals surface area contributed by atoms with Gasteiger partial charge in [-0.1, -0.05) is 60.7 Å². The Kier molecular flexibility index (Phi) is 6.19. The van der Waals surface area contributed by atoms with Crippen LogP contribution < -0.4 is 11.1 Å². The van der Waals surface area contributed by atoms with Crippen molar-refractivity contribution in [3.63, 3.8) is 0 Å². The first-order chi connectivity index (χ1) is 13.5. The van der Waals surface area contributed by atoms with E-state index in [2.05, 4.69) is 29.6 Å². The van der Waals surface area contributed by atoms with Crippen LogP contribution in [-0.4, -0.2) is 30.3 Å². The molecule has 2 amide bonds. The predicted octanol–water partition coefficient (Wildman–Crippen LogP) is 3.45. The van der Waals surface area contributed by atoms with Gasteiger partial charge in [0.1, 0.15) is 0 Å². The lowest BCUT2D eigenvalue weighted by molar-refractivity contribution is -0.117. The Labute approximate surface area is 164 Å². The van der Waals surface area contributed by atoms with E-state index in [9.17, 15) is 9.59 Å². The van der Waals surface area contributed by atoms with Gasteiger partial charge in [0, 0.05) is 11.3 Å². The van der Waals surface area contributed by atoms with E-state index in [0.717, 1.165) is 11.1 Å². The highest BCUT2D eigenvalue weighted by Crippen LogP contribution is 2.27. The monoisotopic (exact) mass is 373 g/mol. The second-order valence-corrected chi connectivity index (χ2v) is 6.63. The summed E-state index contributed by atoms with van der Waals surface area (Å²) in [5.74, 6) is -0.627. The molecule has 0 saturated heterocycles. The molecule has 5 nitrogen and oxygen atoms in total. The molecule has 0 aromatic heterocycles. The van der Waals surface area contributed by atoms with Crippen LogP contribution in [0, 0.1) is 0 Å². The van der Waals surface area contributed by atoms with Crippen molar-refractivity contribution in [2.24, 2.45) is 5.73 Å². The summed E-state index contributed by atoms with van der Waals surface area (Å²) < 4.78 is 0. The molecule has 0 unspecified atom stereocenters. The van der Waals surface area contributed by atoms with Crippen molar-refractivity contribution in [3.05, 3.63) is 102 Å². The number of anilines is 1. The Morgan fingerprint density at radius 2 is 1.36 bits per heavy atom. The van der Waals surface area contributed by atoms with Crippen LogP contribution in [0.15, 0.2) is 84.9 Å². The van der Waals surface area contributed by atoms with Crippen LogP contribution in [-0.2, 0) is 4.79 Å². The van der Waals surface area contributed by atoms with Crippen molar-refractivity contribution >= 4 is 17.5 Å². The van der Waals surface area contributed by atoms with E-state index in [4.69, 9.17) is 5.73 Å². The molecular weight excluding hydrogens is 350 g/mol. The van der Waals surface area contributed by atoms with Crippen molar-refractivity contribution in [1.29, 1.82) is 0 Å². The zero-order chi connectivity index (χ0) is 19.9. The van der Waals surface area contributed by atoms with Gasteiger partial charge in [-0.05, 0) is 42.4 Å². The highest BCUT2D eigenvalue weighted by Gasteiger charge is 2.21. The van der Waals surface area contributed by atoms with Crippen LogP contribution in [0.1, 0.15) is 27.5 Å².